The van der Waals surface area contributed by atoms with Crippen LogP contribution in [0.15, 0.2) is 4.99 Å². The second-order valence-electron chi connectivity index (χ2n) is 6.89. The molecule has 2 N–H and O–H groups in total. The Kier molecular flexibility index (Phi) is 15.1. The lowest BCUT2D eigenvalue weighted by Gasteiger charge is -2.21. The fourth-order valence-corrected chi connectivity index (χ4v) is 3.03. The quantitative estimate of drug-likeness (QED) is 0.244. The summed E-state index contributed by atoms with van der Waals surface area (Å²) in [6.45, 7) is 11.6. The van der Waals surface area contributed by atoms with Gasteiger partial charge in [0.1, 0.15) is 0 Å². The van der Waals surface area contributed by atoms with E-state index in [9.17, 15) is 0 Å². The number of rotatable bonds is 9. The highest BCUT2D eigenvalue weighted by Gasteiger charge is 2.11. The highest BCUT2D eigenvalue weighted by atomic mass is 127. The molecular formula is C18H40IN5. The SMILES string of the molecule is CCCCCC(C)NC(=NC)NCCCN1CCCN(C)CC1.I. The van der Waals surface area contributed by atoms with Gasteiger partial charge in [-0.2, -0.15) is 0 Å². The monoisotopic (exact) mass is 453 g/mol. The summed E-state index contributed by atoms with van der Waals surface area (Å²) in [5.41, 5.74) is 0. The van der Waals surface area contributed by atoms with Gasteiger partial charge in [0.25, 0.3) is 0 Å². The van der Waals surface area contributed by atoms with Gasteiger partial charge in [-0.05, 0) is 52.9 Å². The van der Waals surface area contributed by atoms with E-state index in [1.807, 2.05) is 7.05 Å². The molecule has 0 radical (unpaired) electrons. The smallest absolute Gasteiger partial charge is 0.191 e. The maximum atomic E-state index is 4.34. The summed E-state index contributed by atoms with van der Waals surface area (Å²) in [4.78, 5) is 9.37. The van der Waals surface area contributed by atoms with Gasteiger partial charge in [-0.25, -0.2) is 0 Å². The Labute approximate surface area is 167 Å². The third kappa shape index (κ3) is 11.5. The summed E-state index contributed by atoms with van der Waals surface area (Å²) in [5.74, 6) is 0.949. The maximum Gasteiger partial charge on any atom is 0.191 e. The molecule has 0 bridgehead atoms. The van der Waals surface area contributed by atoms with Crippen LogP contribution in [0.4, 0.5) is 0 Å². The van der Waals surface area contributed by atoms with Crippen molar-refractivity contribution in [1.82, 2.24) is 20.4 Å². The molecule has 24 heavy (non-hydrogen) atoms. The van der Waals surface area contributed by atoms with Crippen LogP contribution >= 0.6 is 24.0 Å². The average molecular weight is 453 g/mol. The van der Waals surface area contributed by atoms with Crippen molar-refractivity contribution in [1.29, 1.82) is 0 Å². The average Bonchev–Trinajstić information content (AvgIpc) is 2.75. The molecule has 1 atom stereocenters. The largest absolute Gasteiger partial charge is 0.356 e. The lowest BCUT2D eigenvalue weighted by molar-refractivity contribution is 0.274. The standard InChI is InChI=1S/C18H39N5.HI/c1-5-6-7-10-17(2)21-18(19-3)20-11-8-13-23-14-9-12-22(4)15-16-23;/h17H,5-16H2,1-4H3,(H2,19,20,21);1H. The lowest BCUT2D eigenvalue weighted by Crippen LogP contribution is -2.43. The van der Waals surface area contributed by atoms with Gasteiger partial charge in [-0.1, -0.05) is 26.2 Å². The third-order valence-electron chi connectivity index (χ3n) is 4.60. The zero-order valence-corrected chi connectivity index (χ0v) is 18.6. The summed E-state index contributed by atoms with van der Waals surface area (Å²) < 4.78 is 0. The summed E-state index contributed by atoms with van der Waals surface area (Å²) in [5, 5.41) is 6.95. The number of halogens is 1. The van der Waals surface area contributed by atoms with Crippen molar-refractivity contribution in [3.8, 4) is 0 Å². The first-order valence-corrected chi connectivity index (χ1v) is 9.53. The highest BCUT2D eigenvalue weighted by molar-refractivity contribution is 14.0. The van der Waals surface area contributed by atoms with Crippen molar-refractivity contribution >= 4 is 29.9 Å². The van der Waals surface area contributed by atoms with E-state index in [2.05, 4.69) is 46.3 Å². The van der Waals surface area contributed by atoms with Crippen LogP contribution in [0.1, 0.15) is 52.4 Å². The second-order valence-corrected chi connectivity index (χ2v) is 6.89. The Balaban J connectivity index is 0.00000529. The van der Waals surface area contributed by atoms with Crippen LogP contribution in [0.2, 0.25) is 0 Å². The Hall–Kier alpha value is -0.0800. The van der Waals surface area contributed by atoms with Gasteiger partial charge in [0, 0.05) is 32.7 Å². The first kappa shape index (κ1) is 23.9. The summed E-state index contributed by atoms with van der Waals surface area (Å²) in [6, 6.07) is 0.494. The van der Waals surface area contributed by atoms with Gasteiger partial charge in [0.2, 0.25) is 0 Å². The van der Waals surface area contributed by atoms with Crippen LogP contribution in [0, 0.1) is 0 Å². The third-order valence-corrected chi connectivity index (χ3v) is 4.60. The van der Waals surface area contributed by atoms with E-state index >= 15 is 0 Å². The summed E-state index contributed by atoms with van der Waals surface area (Å²) >= 11 is 0. The van der Waals surface area contributed by atoms with Crippen LogP contribution < -0.4 is 10.6 Å². The van der Waals surface area contributed by atoms with Crippen molar-refractivity contribution in [2.75, 3.05) is 53.4 Å². The normalized spacial score (nSPS) is 18.6. The van der Waals surface area contributed by atoms with Crippen LogP contribution in [0.5, 0.6) is 0 Å². The number of aliphatic imine (C=N–C) groups is 1. The van der Waals surface area contributed by atoms with Crippen LogP contribution in [0.3, 0.4) is 0 Å². The predicted molar refractivity (Wildman–Crippen MR) is 117 cm³/mol. The summed E-state index contributed by atoms with van der Waals surface area (Å²) in [6.07, 6.45) is 7.59. The molecule has 1 saturated heterocycles. The molecule has 0 spiro atoms. The predicted octanol–water partition coefficient (Wildman–Crippen LogP) is 2.77. The molecular weight excluding hydrogens is 413 g/mol. The molecule has 1 unspecified atom stereocenters. The van der Waals surface area contributed by atoms with Gasteiger partial charge < -0.3 is 20.4 Å². The van der Waals surface area contributed by atoms with E-state index < -0.39 is 0 Å². The van der Waals surface area contributed by atoms with Gasteiger partial charge in [-0.15, -0.1) is 24.0 Å². The Morgan fingerprint density at radius 2 is 1.92 bits per heavy atom. The minimum atomic E-state index is 0. The first-order chi connectivity index (χ1) is 11.2. The minimum Gasteiger partial charge on any atom is -0.356 e. The number of unbranched alkanes of at least 4 members (excludes halogenated alkanes) is 2. The number of likely N-dealkylation sites (N-methyl/N-ethyl adjacent to an activating group) is 1. The Morgan fingerprint density at radius 3 is 2.62 bits per heavy atom. The van der Waals surface area contributed by atoms with Crippen molar-refractivity contribution < 1.29 is 0 Å². The topological polar surface area (TPSA) is 42.9 Å². The lowest BCUT2D eigenvalue weighted by atomic mass is 10.1. The molecule has 1 aliphatic heterocycles. The van der Waals surface area contributed by atoms with Crippen LogP contribution in [-0.4, -0.2) is 75.2 Å². The van der Waals surface area contributed by atoms with Gasteiger partial charge in [-0.3, -0.25) is 4.99 Å². The molecule has 5 nitrogen and oxygen atoms in total. The second kappa shape index (κ2) is 15.2. The molecule has 6 heteroatoms. The molecule has 0 aromatic carbocycles. The van der Waals surface area contributed by atoms with Crippen molar-refractivity contribution in [2.24, 2.45) is 4.99 Å². The van der Waals surface area contributed by atoms with Crippen molar-refractivity contribution in [3.63, 3.8) is 0 Å². The fraction of sp³-hybridized carbons (Fsp3) is 0.944. The minimum absolute atomic E-state index is 0. The molecule has 1 fully saturated rings. The van der Waals surface area contributed by atoms with Gasteiger partial charge >= 0.3 is 0 Å². The molecule has 0 amide bonds. The molecule has 0 saturated carbocycles. The Morgan fingerprint density at radius 1 is 1.12 bits per heavy atom. The highest BCUT2D eigenvalue weighted by Crippen LogP contribution is 2.03. The van der Waals surface area contributed by atoms with Gasteiger partial charge in [0.15, 0.2) is 5.96 Å². The Bertz CT molecular complexity index is 325. The van der Waals surface area contributed by atoms with Gasteiger partial charge in [0.05, 0.1) is 0 Å². The number of hydrogen-bond acceptors (Lipinski definition) is 3. The van der Waals surface area contributed by atoms with E-state index in [0.29, 0.717) is 6.04 Å². The van der Waals surface area contributed by atoms with Crippen molar-refractivity contribution in [3.05, 3.63) is 0 Å². The number of hydrogen-bond donors (Lipinski definition) is 2. The molecule has 1 aliphatic rings. The van der Waals surface area contributed by atoms with Crippen LogP contribution in [-0.2, 0) is 0 Å². The molecule has 144 valence electrons. The van der Waals surface area contributed by atoms with E-state index in [-0.39, 0.29) is 24.0 Å². The zero-order valence-electron chi connectivity index (χ0n) is 16.3. The summed E-state index contributed by atoms with van der Waals surface area (Å²) in [7, 11) is 4.08. The van der Waals surface area contributed by atoms with E-state index in [1.54, 1.807) is 0 Å². The zero-order chi connectivity index (χ0) is 16.9. The van der Waals surface area contributed by atoms with Crippen molar-refractivity contribution in [2.45, 2.75) is 58.4 Å². The molecule has 1 rings (SSSR count). The maximum absolute atomic E-state index is 4.34. The molecule has 0 aromatic rings. The molecule has 0 aliphatic carbocycles. The first-order valence-electron chi connectivity index (χ1n) is 9.53. The number of guanidine groups is 1. The van der Waals surface area contributed by atoms with E-state index in [1.165, 1.54) is 71.2 Å². The van der Waals surface area contributed by atoms with E-state index in [4.69, 9.17) is 0 Å². The number of nitrogens with zero attached hydrogens (tertiary/aromatic N) is 3. The van der Waals surface area contributed by atoms with E-state index in [0.717, 1.165) is 12.5 Å². The fourth-order valence-electron chi connectivity index (χ4n) is 3.03. The number of nitrogens with one attached hydrogen (secondary N) is 2. The molecule has 0 aromatic heterocycles. The van der Waals surface area contributed by atoms with Crippen LogP contribution in [0.25, 0.3) is 0 Å². The molecule has 1 heterocycles.